The Labute approximate surface area is 722 Å². The van der Waals surface area contributed by atoms with Crippen molar-refractivity contribution >= 4 is 29.8 Å². The summed E-state index contributed by atoms with van der Waals surface area (Å²) in [7, 11) is 2.85. The van der Waals surface area contributed by atoms with E-state index in [9.17, 15) is 44.4 Å². The van der Waals surface area contributed by atoms with E-state index in [1.165, 1.54) is 143 Å². The molecular weight excluding hydrogens is 1500 g/mol. The number of carbonyl (C=O) groups excluding carboxylic acids is 5. The molecule has 6 atom stereocenters. The van der Waals surface area contributed by atoms with E-state index < -0.39 is 24.4 Å². The summed E-state index contributed by atoms with van der Waals surface area (Å²) in [4.78, 5) is 67.6. The highest BCUT2D eigenvalue weighted by molar-refractivity contribution is 5.70. The van der Waals surface area contributed by atoms with E-state index in [2.05, 4.69) is 51.3 Å². The van der Waals surface area contributed by atoms with Gasteiger partial charge in [-0.3, -0.25) is 28.9 Å². The number of aliphatic hydroxyl groups excluding tert-OH is 4. The van der Waals surface area contributed by atoms with Gasteiger partial charge in [0.15, 0.2) is 6.29 Å². The molecule has 0 rings (SSSR count). The fraction of sp³-hybridized carbons (Fsp3) is 0.948. The smallest absolute Gasteiger partial charge is 0.305 e. The molecule has 118 heavy (non-hydrogen) atoms. The van der Waals surface area contributed by atoms with Crippen molar-refractivity contribution < 1.29 is 91.8 Å². The fourth-order valence-electron chi connectivity index (χ4n) is 15.4. The van der Waals surface area contributed by atoms with Crippen LogP contribution in [-0.4, -0.2) is 218 Å². The minimum Gasteiger partial charge on any atom is -0.469 e. The van der Waals surface area contributed by atoms with Crippen LogP contribution in [-0.2, 0) is 71.3 Å². The van der Waals surface area contributed by atoms with Gasteiger partial charge in [0, 0.05) is 104 Å². The number of aliphatic hydroxyl groups is 4. The second kappa shape index (κ2) is 88.8. The van der Waals surface area contributed by atoms with Crippen molar-refractivity contribution in [2.75, 3.05) is 139 Å². The summed E-state index contributed by atoms with van der Waals surface area (Å²) in [5.41, 5.74) is 0. The van der Waals surface area contributed by atoms with Crippen molar-refractivity contribution in [3.63, 3.8) is 0 Å². The monoisotopic (exact) mass is 1690 g/mol. The second-order valence-electron chi connectivity index (χ2n) is 34.6. The predicted octanol–water partition coefficient (Wildman–Crippen LogP) is 21.1. The summed E-state index contributed by atoms with van der Waals surface area (Å²) in [6.07, 6.45) is 53.6. The number of carbonyl (C=O) groups is 5. The number of unbranched alkanes of at least 4 members (excludes halogenated alkanes) is 31. The number of hydrogen-bond acceptors (Lipinski definition) is 21. The molecule has 0 radical (unpaired) electrons. The van der Waals surface area contributed by atoms with Crippen LogP contribution in [0.2, 0.25) is 0 Å². The third kappa shape index (κ3) is 77.7. The Morgan fingerprint density at radius 3 is 1.19 bits per heavy atom. The average Bonchev–Trinajstić information content (AvgIpc) is 0.917. The molecule has 0 amide bonds. The summed E-state index contributed by atoms with van der Waals surface area (Å²) >= 11 is 0. The fourth-order valence-corrected chi connectivity index (χ4v) is 15.4. The number of ether oxygens (including phenoxy) is 10. The van der Waals surface area contributed by atoms with E-state index in [-0.39, 0.29) is 99.9 Å². The predicted molar refractivity (Wildman–Crippen MR) is 479 cm³/mol. The quantitative estimate of drug-likeness (QED) is 0.0191. The van der Waals surface area contributed by atoms with Crippen molar-refractivity contribution in [2.24, 2.45) is 29.6 Å². The van der Waals surface area contributed by atoms with Gasteiger partial charge in [0.05, 0.1) is 85.0 Å². The van der Waals surface area contributed by atoms with Crippen LogP contribution < -0.4 is 0 Å². The van der Waals surface area contributed by atoms with E-state index >= 15 is 0 Å². The van der Waals surface area contributed by atoms with E-state index in [0.29, 0.717) is 136 Å². The molecule has 0 aliphatic rings. The molecule has 4 N–H and O–H groups in total. The Balaban J connectivity index is 5.71. The molecule has 21 heteroatoms. The second-order valence-corrected chi connectivity index (χ2v) is 34.6. The average molecular weight is 1690 g/mol. The Kier molecular flexibility index (Phi) is 86.4. The Morgan fingerprint density at radius 2 is 0.678 bits per heavy atom. The van der Waals surface area contributed by atoms with Crippen molar-refractivity contribution in [3.05, 3.63) is 0 Å². The Bertz CT molecular complexity index is 2120. The first-order valence-corrected chi connectivity index (χ1v) is 49.2. The molecule has 21 nitrogen and oxygen atoms in total. The summed E-state index contributed by atoms with van der Waals surface area (Å²) in [5, 5.41) is 43.0. The molecule has 0 bridgehead atoms. The van der Waals surface area contributed by atoms with Gasteiger partial charge in [-0.25, -0.2) is 0 Å². The van der Waals surface area contributed by atoms with Gasteiger partial charge in [0.1, 0.15) is 0 Å². The molecule has 4 unspecified atom stereocenters. The lowest BCUT2D eigenvalue weighted by Crippen LogP contribution is -2.39. The molecule has 0 aromatic carbocycles. The Hall–Kier alpha value is -3.09. The highest BCUT2D eigenvalue weighted by atomic mass is 16.7. The topological polar surface area (TPSA) is 265 Å². The van der Waals surface area contributed by atoms with Crippen LogP contribution in [0.25, 0.3) is 0 Å². The van der Waals surface area contributed by atoms with Gasteiger partial charge >= 0.3 is 29.8 Å². The summed E-state index contributed by atoms with van der Waals surface area (Å²) in [6, 6.07) is 0. The van der Waals surface area contributed by atoms with Crippen molar-refractivity contribution in [2.45, 2.75) is 426 Å². The standard InChI is InChI=1S/C97H188N2O19/c1-9-14-19-23-26-28-38-57-89(56-37-27-22-17-12-4)91(103)78-99(66-43-44-70-100)69-76-113-82-88(84-118-96(108)63-64-97(114-74-47-31-24-20-15-10-2)115-75-48-32-25-21-16-11-3)83-117-95(107)62-42-35-41-61-94(106)116-79-85(6)52-49-54-86(53-36-18-13-5)65-68-98(67-51-71-101)77-90(102)58-50-55-87(80-111-72-45-33-29-39-59-92(104)109-7)81-112-73-46-34-30-40-60-93(105)110-8/h85-91,97,100-103H,9-84H2,1-8H3/t85?,86?,88?,89?,90-,91+/m1/s1. The highest BCUT2D eigenvalue weighted by Gasteiger charge is 2.25. The van der Waals surface area contributed by atoms with Gasteiger partial charge < -0.3 is 72.7 Å². The van der Waals surface area contributed by atoms with Crippen LogP contribution >= 0.6 is 0 Å². The molecule has 700 valence electrons. The van der Waals surface area contributed by atoms with E-state index in [1.807, 2.05) is 0 Å². The molecule has 0 saturated carbocycles. The molecule has 0 spiro atoms. The van der Waals surface area contributed by atoms with E-state index in [0.717, 1.165) is 180 Å². The third-order valence-corrected chi connectivity index (χ3v) is 23.2. The van der Waals surface area contributed by atoms with E-state index in [4.69, 9.17) is 47.4 Å². The van der Waals surface area contributed by atoms with Crippen LogP contribution in [0.15, 0.2) is 0 Å². The molecule has 0 saturated heterocycles. The van der Waals surface area contributed by atoms with Crippen molar-refractivity contribution in [1.82, 2.24) is 9.80 Å². The zero-order valence-corrected chi connectivity index (χ0v) is 77.7. The molecular formula is C97H188N2O19. The van der Waals surface area contributed by atoms with Crippen LogP contribution in [0.1, 0.15) is 408 Å². The molecule has 0 fully saturated rings. The first-order valence-electron chi connectivity index (χ1n) is 49.2. The molecule has 0 aromatic heterocycles. The molecule has 0 aromatic rings. The Morgan fingerprint density at radius 1 is 0.297 bits per heavy atom. The highest BCUT2D eigenvalue weighted by Crippen LogP contribution is 2.27. The summed E-state index contributed by atoms with van der Waals surface area (Å²) in [6.45, 7) is 22.2. The lowest BCUT2D eigenvalue weighted by atomic mass is 9.89. The number of hydrogen-bond donors (Lipinski definition) is 4. The zero-order chi connectivity index (χ0) is 86.5. The van der Waals surface area contributed by atoms with Crippen LogP contribution in [0.5, 0.6) is 0 Å². The van der Waals surface area contributed by atoms with Crippen LogP contribution in [0, 0.1) is 29.6 Å². The lowest BCUT2D eigenvalue weighted by Gasteiger charge is -2.30. The lowest BCUT2D eigenvalue weighted by molar-refractivity contribution is -0.161. The maximum atomic E-state index is 13.5. The van der Waals surface area contributed by atoms with Gasteiger partial charge in [-0.05, 0) is 140 Å². The van der Waals surface area contributed by atoms with Crippen molar-refractivity contribution in [1.29, 1.82) is 0 Å². The van der Waals surface area contributed by atoms with Crippen LogP contribution in [0.4, 0.5) is 0 Å². The summed E-state index contributed by atoms with van der Waals surface area (Å²) < 4.78 is 58.3. The number of rotatable bonds is 95. The van der Waals surface area contributed by atoms with Crippen LogP contribution in [0.3, 0.4) is 0 Å². The zero-order valence-electron chi connectivity index (χ0n) is 77.7. The van der Waals surface area contributed by atoms with Gasteiger partial charge in [0.2, 0.25) is 0 Å². The largest absolute Gasteiger partial charge is 0.469 e. The molecule has 0 aliphatic heterocycles. The van der Waals surface area contributed by atoms with E-state index in [1.54, 1.807) is 0 Å². The maximum absolute atomic E-state index is 13.5. The maximum Gasteiger partial charge on any atom is 0.305 e. The van der Waals surface area contributed by atoms with Crippen molar-refractivity contribution in [3.8, 4) is 0 Å². The normalized spacial score (nSPS) is 13.4. The van der Waals surface area contributed by atoms with Gasteiger partial charge in [-0.15, -0.1) is 0 Å². The minimum absolute atomic E-state index is 0.0151. The first-order chi connectivity index (χ1) is 57.6. The number of esters is 5. The number of methoxy groups -OCH3 is 2. The van der Waals surface area contributed by atoms with Gasteiger partial charge in [-0.2, -0.15) is 0 Å². The SMILES string of the molecule is CCCCCCCCCC(CCCCCCC)[C@@H](O)CN(CCCCO)CCOCC(COC(=O)CCCCCC(=O)OCC(C)CCCC(CCCCC)CCN(CCCO)C[C@H](O)CCCC(COCCCCCCC(=O)OC)COCCCCCCC(=O)OC)COC(=O)CCC(OCCCCCCCC)OCCCCCCCC. The third-order valence-electron chi connectivity index (χ3n) is 23.2. The van der Waals surface area contributed by atoms with Gasteiger partial charge in [-0.1, -0.05) is 260 Å². The summed E-state index contributed by atoms with van der Waals surface area (Å²) in [5.74, 6) is -0.517. The first kappa shape index (κ1) is 115. The van der Waals surface area contributed by atoms with Gasteiger partial charge in [0.25, 0.3) is 0 Å². The molecule has 0 heterocycles. The minimum atomic E-state index is -0.494. The number of nitrogens with zero attached hydrogens (tertiary/aromatic N) is 2. The molecule has 0 aliphatic carbocycles.